The average Bonchev–Trinajstić information content (AvgIpc) is 2.58. The van der Waals surface area contributed by atoms with Crippen molar-refractivity contribution < 1.29 is 22.7 Å². The van der Waals surface area contributed by atoms with Crippen molar-refractivity contribution in [2.75, 3.05) is 24.1 Å². The minimum absolute atomic E-state index is 0.230. The van der Waals surface area contributed by atoms with Crippen molar-refractivity contribution in [1.82, 2.24) is 5.32 Å². The van der Waals surface area contributed by atoms with Crippen molar-refractivity contribution in [3.63, 3.8) is 0 Å². The molecule has 1 aliphatic heterocycles. The molecule has 0 saturated heterocycles. The number of para-hydroxylation sites is 3. The van der Waals surface area contributed by atoms with Crippen LogP contribution in [0.1, 0.15) is 10.4 Å². The van der Waals surface area contributed by atoms with Crippen molar-refractivity contribution in [1.29, 1.82) is 0 Å². The van der Waals surface area contributed by atoms with Gasteiger partial charge in [-0.25, -0.2) is 8.42 Å². The molecule has 0 radical (unpaired) electrons. The largest absolute Gasteiger partial charge is 0.486 e. The zero-order valence-electron chi connectivity index (χ0n) is 13.6. The van der Waals surface area contributed by atoms with Crippen molar-refractivity contribution in [3.8, 4) is 11.5 Å². The third-order valence-electron chi connectivity index (χ3n) is 3.52. The molecule has 0 saturated carbocycles. The van der Waals surface area contributed by atoms with Gasteiger partial charge < -0.3 is 14.8 Å². The lowest BCUT2D eigenvalue weighted by molar-refractivity contribution is 0.0790. The molecule has 2 aromatic rings. The van der Waals surface area contributed by atoms with Gasteiger partial charge in [0.05, 0.1) is 24.1 Å². The number of carbonyl (C=O) groups excluding carboxylic acids is 1. The first-order valence-corrected chi connectivity index (χ1v) is 9.55. The Kier molecular flexibility index (Phi) is 4.80. The van der Waals surface area contributed by atoms with Gasteiger partial charge in [0.2, 0.25) is 10.0 Å². The number of anilines is 1. The Hall–Kier alpha value is -2.74. The van der Waals surface area contributed by atoms with Crippen molar-refractivity contribution in [3.05, 3.63) is 54.1 Å². The van der Waals surface area contributed by atoms with Crippen molar-refractivity contribution in [2.45, 2.75) is 6.10 Å². The molecule has 2 aromatic carbocycles. The van der Waals surface area contributed by atoms with Gasteiger partial charge in [-0.15, -0.1) is 0 Å². The third kappa shape index (κ3) is 4.42. The highest BCUT2D eigenvalue weighted by Crippen LogP contribution is 2.30. The maximum atomic E-state index is 12.4. The quantitative estimate of drug-likeness (QED) is 0.843. The number of hydrogen-bond donors (Lipinski definition) is 2. The number of fused-ring (bicyclic) bond motifs is 1. The predicted molar refractivity (Wildman–Crippen MR) is 93.6 cm³/mol. The summed E-state index contributed by atoms with van der Waals surface area (Å²) in [6.07, 6.45) is 0.709. The zero-order chi connectivity index (χ0) is 17.9. The van der Waals surface area contributed by atoms with Gasteiger partial charge in [-0.1, -0.05) is 24.3 Å². The SMILES string of the molecule is CS(=O)(=O)Nc1ccccc1C(=O)NCC1COc2ccccc2O1. The van der Waals surface area contributed by atoms with Crippen LogP contribution in [0.5, 0.6) is 11.5 Å². The molecule has 1 heterocycles. The number of amides is 1. The Balaban J connectivity index is 1.64. The second kappa shape index (κ2) is 7.02. The van der Waals surface area contributed by atoms with Crippen LogP contribution in [0.2, 0.25) is 0 Å². The van der Waals surface area contributed by atoms with Crippen LogP contribution in [-0.2, 0) is 10.0 Å². The van der Waals surface area contributed by atoms with E-state index in [1.54, 1.807) is 24.3 Å². The lowest BCUT2D eigenvalue weighted by Crippen LogP contribution is -2.40. The summed E-state index contributed by atoms with van der Waals surface area (Å²) in [6, 6.07) is 13.7. The van der Waals surface area contributed by atoms with E-state index in [1.807, 2.05) is 18.2 Å². The van der Waals surface area contributed by atoms with Crippen LogP contribution < -0.4 is 19.5 Å². The van der Waals surface area contributed by atoms with E-state index in [2.05, 4.69) is 10.0 Å². The molecular formula is C17H18N2O5S. The second-order valence-corrected chi connectivity index (χ2v) is 7.38. The van der Waals surface area contributed by atoms with Crippen LogP contribution in [0.4, 0.5) is 5.69 Å². The monoisotopic (exact) mass is 362 g/mol. The van der Waals surface area contributed by atoms with Gasteiger partial charge >= 0.3 is 0 Å². The standard InChI is InChI=1S/C17H18N2O5S/c1-25(21,22)19-14-7-3-2-6-13(14)17(20)18-10-12-11-23-15-8-4-5-9-16(15)24-12/h2-9,12,19H,10-11H2,1H3,(H,18,20). The minimum Gasteiger partial charge on any atom is -0.486 e. The highest BCUT2D eigenvalue weighted by molar-refractivity contribution is 7.92. The van der Waals surface area contributed by atoms with Gasteiger partial charge in [-0.3, -0.25) is 9.52 Å². The number of benzene rings is 2. The molecule has 0 fully saturated rings. The maximum Gasteiger partial charge on any atom is 0.253 e. The number of carbonyl (C=O) groups is 1. The highest BCUT2D eigenvalue weighted by Gasteiger charge is 2.22. The molecular weight excluding hydrogens is 344 g/mol. The number of nitrogens with one attached hydrogen (secondary N) is 2. The first-order valence-electron chi connectivity index (χ1n) is 7.66. The van der Waals surface area contributed by atoms with Crippen LogP contribution in [0.3, 0.4) is 0 Å². The summed E-state index contributed by atoms with van der Waals surface area (Å²) in [5.74, 6) is 0.911. The molecule has 2 N–H and O–H groups in total. The van der Waals surface area contributed by atoms with Crippen molar-refractivity contribution >= 4 is 21.6 Å². The lowest BCUT2D eigenvalue weighted by Gasteiger charge is -2.26. The molecule has 0 spiro atoms. The van der Waals surface area contributed by atoms with Crippen LogP contribution in [0.25, 0.3) is 0 Å². The summed E-state index contributed by atoms with van der Waals surface area (Å²) in [4.78, 5) is 12.4. The summed E-state index contributed by atoms with van der Waals surface area (Å²) >= 11 is 0. The van der Waals surface area contributed by atoms with Gasteiger partial charge in [-0.05, 0) is 24.3 Å². The minimum atomic E-state index is -3.48. The molecule has 1 amide bonds. The Labute approximate surface area is 146 Å². The van der Waals surface area contributed by atoms with E-state index in [4.69, 9.17) is 9.47 Å². The van der Waals surface area contributed by atoms with E-state index in [0.29, 0.717) is 18.1 Å². The summed E-state index contributed by atoms with van der Waals surface area (Å²) in [5, 5.41) is 2.75. The lowest BCUT2D eigenvalue weighted by atomic mass is 10.1. The fourth-order valence-electron chi connectivity index (χ4n) is 2.44. The molecule has 1 atom stereocenters. The molecule has 8 heteroatoms. The molecule has 0 aromatic heterocycles. The Morgan fingerprint density at radius 2 is 1.80 bits per heavy atom. The van der Waals surface area contributed by atoms with Gasteiger partial charge in [-0.2, -0.15) is 0 Å². The van der Waals surface area contributed by atoms with Crippen LogP contribution in [0, 0.1) is 0 Å². The molecule has 0 aliphatic carbocycles. The number of rotatable bonds is 5. The zero-order valence-corrected chi connectivity index (χ0v) is 14.4. The molecule has 132 valence electrons. The van der Waals surface area contributed by atoms with Crippen LogP contribution in [-0.4, -0.2) is 39.8 Å². The fraction of sp³-hybridized carbons (Fsp3) is 0.235. The Morgan fingerprint density at radius 3 is 2.56 bits per heavy atom. The second-order valence-electron chi connectivity index (χ2n) is 5.63. The van der Waals surface area contributed by atoms with Crippen LogP contribution in [0.15, 0.2) is 48.5 Å². The summed E-state index contributed by atoms with van der Waals surface area (Å²) in [6.45, 7) is 0.556. The molecule has 1 unspecified atom stereocenters. The first kappa shape index (κ1) is 17.1. The molecule has 1 aliphatic rings. The smallest absolute Gasteiger partial charge is 0.253 e. The van der Waals surface area contributed by atoms with Gasteiger partial charge in [0, 0.05) is 0 Å². The Bertz CT molecular complexity index is 882. The fourth-order valence-corrected chi connectivity index (χ4v) is 3.01. The van der Waals surface area contributed by atoms with Gasteiger partial charge in [0.25, 0.3) is 5.91 Å². The van der Waals surface area contributed by atoms with E-state index in [-0.39, 0.29) is 23.9 Å². The summed E-state index contributed by atoms with van der Waals surface area (Å²) in [7, 11) is -3.48. The van der Waals surface area contributed by atoms with Gasteiger partial charge in [0.15, 0.2) is 11.5 Å². The number of ether oxygens (including phenoxy) is 2. The molecule has 0 bridgehead atoms. The highest BCUT2D eigenvalue weighted by atomic mass is 32.2. The molecule has 7 nitrogen and oxygen atoms in total. The maximum absolute atomic E-state index is 12.4. The van der Waals surface area contributed by atoms with E-state index in [0.717, 1.165) is 6.26 Å². The predicted octanol–water partition coefficient (Wildman–Crippen LogP) is 1.63. The average molecular weight is 362 g/mol. The van der Waals surface area contributed by atoms with E-state index in [1.165, 1.54) is 6.07 Å². The van der Waals surface area contributed by atoms with E-state index >= 15 is 0 Å². The molecule has 3 rings (SSSR count). The normalized spacial score (nSPS) is 16.1. The summed E-state index contributed by atoms with van der Waals surface area (Å²) < 4.78 is 36.5. The van der Waals surface area contributed by atoms with E-state index in [9.17, 15) is 13.2 Å². The number of hydrogen-bond acceptors (Lipinski definition) is 5. The summed E-state index contributed by atoms with van der Waals surface area (Å²) in [5.41, 5.74) is 0.471. The molecule has 25 heavy (non-hydrogen) atoms. The van der Waals surface area contributed by atoms with Gasteiger partial charge in [0.1, 0.15) is 12.7 Å². The topological polar surface area (TPSA) is 93.7 Å². The van der Waals surface area contributed by atoms with Crippen LogP contribution >= 0.6 is 0 Å². The van der Waals surface area contributed by atoms with Crippen molar-refractivity contribution in [2.24, 2.45) is 0 Å². The van der Waals surface area contributed by atoms with E-state index < -0.39 is 15.9 Å². The Morgan fingerprint density at radius 1 is 1.12 bits per heavy atom. The third-order valence-corrected chi connectivity index (χ3v) is 4.12. The first-order chi connectivity index (χ1) is 11.9. The number of sulfonamides is 1.